The van der Waals surface area contributed by atoms with Crippen molar-refractivity contribution in [3.63, 3.8) is 0 Å². The average Bonchev–Trinajstić information content (AvgIpc) is 2.89. The molecule has 1 fully saturated rings. The topological polar surface area (TPSA) is 59.0 Å². The van der Waals surface area contributed by atoms with Crippen LogP contribution in [0, 0.1) is 18.7 Å². The van der Waals surface area contributed by atoms with Crippen LogP contribution in [0.4, 0.5) is 4.39 Å². The molecule has 0 amide bonds. The number of β-amino-alcohol motifs (C(OH)–C–C–N with tert-alkyl or cyclic N) is 1. The number of piperidine rings is 1. The first-order valence-electron chi connectivity index (χ1n) is 12.3. The maximum Gasteiger partial charge on any atom is 0.167 e. The molecule has 1 heterocycles. The molecule has 0 bridgehead atoms. The van der Waals surface area contributed by atoms with Crippen LogP contribution in [0.15, 0.2) is 66.7 Å². The summed E-state index contributed by atoms with van der Waals surface area (Å²) in [4.78, 5) is 16.3. The number of carbonyl (C=O) groups excluding carboxylic acids is 1. The molecule has 0 radical (unpaired) electrons. The number of ketones is 1. The summed E-state index contributed by atoms with van der Waals surface area (Å²) < 4.78 is 25.9. The van der Waals surface area contributed by atoms with Crippen molar-refractivity contribution in [1.82, 2.24) is 4.90 Å². The van der Waals surface area contributed by atoms with Crippen LogP contribution in [-0.2, 0) is 0 Å². The van der Waals surface area contributed by atoms with E-state index < -0.39 is 12.0 Å². The predicted octanol–water partition coefficient (Wildman–Crippen LogP) is 5.21. The Bertz CT molecular complexity index is 1210. The second-order valence-corrected chi connectivity index (χ2v) is 9.60. The molecule has 0 unspecified atom stereocenters. The van der Waals surface area contributed by atoms with E-state index in [1.165, 1.54) is 6.07 Å². The summed E-state index contributed by atoms with van der Waals surface area (Å²) in [6, 6.07) is 20.1. The quantitative estimate of drug-likeness (QED) is 0.438. The van der Waals surface area contributed by atoms with Gasteiger partial charge in [0.1, 0.15) is 17.3 Å². The molecule has 3 aromatic carbocycles. The lowest BCUT2D eigenvalue weighted by Crippen LogP contribution is -2.49. The van der Waals surface area contributed by atoms with Gasteiger partial charge in [0, 0.05) is 43.0 Å². The standard InChI is InChI=1S/C30H34FNO4/c1-19(33)16-32-17-25(24-11-5-6-14-28(24)36-4)29(23-12-8-13-27(31)20(23)2)26(18-32)30(34)21-9-7-10-22(15-21)35-3/h5-15,19,25-26,29,33H,16-18H2,1-4H3/t19-,25-,26+,29-/m1/s1. The van der Waals surface area contributed by atoms with Gasteiger partial charge in [-0.2, -0.15) is 0 Å². The molecule has 0 spiro atoms. The Balaban J connectivity index is 1.90. The number of nitrogens with zero attached hydrogens (tertiary/aromatic N) is 1. The molecule has 0 saturated carbocycles. The van der Waals surface area contributed by atoms with Crippen molar-refractivity contribution < 1.29 is 23.8 Å². The first-order chi connectivity index (χ1) is 17.3. The van der Waals surface area contributed by atoms with Crippen molar-refractivity contribution in [2.24, 2.45) is 5.92 Å². The molecule has 5 nitrogen and oxygen atoms in total. The van der Waals surface area contributed by atoms with Gasteiger partial charge in [-0.3, -0.25) is 9.69 Å². The second kappa shape index (κ2) is 11.2. The van der Waals surface area contributed by atoms with Gasteiger partial charge >= 0.3 is 0 Å². The van der Waals surface area contributed by atoms with Crippen LogP contribution in [0.2, 0.25) is 0 Å². The number of carbonyl (C=O) groups is 1. The highest BCUT2D eigenvalue weighted by atomic mass is 19.1. The predicted molar refractivity (Wildman–Crippen MR) is 139 cm³/mol. The summed E-state index contributed by atoms with van der Waals surface area (Å²) in [5.74, 6) is 0.1000. The highest BCUT2D eigenvalue weighted by Crippen LogP contribution is 2.47. The summed E-state index contributed by atoms with van der Waals surface area (Å²) >= 11 is 0. The van der Waals surface area contributed by atoms with Gasteiger partial charge in [-0.1, -0.05) is 42.5 Å². The van der Waals surface area contributed by atoms with E-state index >= 15 is 0 Å². The van der Waals surface area contributed by atoms with Crippen LogP contribution >= 0.6 is 0 Å². The molecule has 36 heavy (non-hydrogen) atoms. The number of methoxy groups -OCH3 is 2. The largest absolute Gasteiger partial charge is 0.497 e. The Labute approximate surface area is 212 Å². The zero-order valence-electron chi connectivity index (χ0n) is 21.3. The van der Waals surface area contributed by atoms with Crippen LogP contribution < -0.4 is 9.47 Å². The van der Waals surface area contributed by atoms with E-state index in [2.05, 4.69) is 4.90 Å². The Morgan fingerprint density at radius 1 is 1.03 bits per heavy atom. The summed E-state index contributed by atoms with van der Waals surface area (Å²) in [5.41, 5.74) is 2.89. The SMILES string of the molecule is COc1cccc(C(=O)[C@H]2CN(C[C@@H](C)O)C[C@H](c3ccccc3OC)[C@H]2c2cccc(F)c2C)c1. The Kier molecular flexibility index (Phi) is 8.07. The second-order valence-electron chi connectivity index (χ2n) is 9.60. The number of rotatable bonds is 8. The molecule has 1 N–H and O–H groups in total. The number of hydrogen-bond donors (Lipinski definition) is 1. The van der Waals surface area contributed by atoms with Crippen LogP contribution in [0.3, 0.4) is 0 Å². The fourth-order valence-electron chi connectivity index (χ4n) is 5.58. The van der Waals surface area contributed by atoms with Gasteiger partial charge in [-0.25, -0.2) is 4.39 Å². The number of halogens is 1. The van der Waals surface area contributed by atoms with Crippen LogP contribution in [0.5, 0.6) is 11.5 Å². The van der Waals surface area contributed by atoms with Crippen molar-refractivity contribution >= 4 is 5.78 Å². The van der Waals surface area contributed by atoms with Gasteiger partial charge in [-0.05, 0) is 54.8 Å². The van der Waals surface area contributed by atoms with Crippen molar-refractivity contribution in [3.05, 3.63) is 94.8 Å². The van der Waals surface area contributed by atoms with Gasteiger partial charge < -0.3 is 14.6 Å². The minimum Gasteiger partial charge on any atom is -0.497 e. The fraction of sp³-hybridized carbons (Fsp3) is 0.367. The normalized spacial score (nSPS) is 21.1. The van der Waals surface area contributed by atoms with Gasteiger partial charge in [0.25, 0.3) is 0 Å². The Hall–Kier alpha value is -3.22. The van der Waals surface area contributed by atoms with E-state index in [1.54, 1.807) is 46.3 Å². The van der Waals surface area contributed by atoms with Gasteiger partial charge in [-0.15, -0.1) is 0 Å². The molecule has 6 heteroatoms. The molecule has 1 saturated heterocycles. The molecular weight excluding hydrogens is 457 g/mol. The maximum absolute atomic E-state index is 14.8. The third kappa shape index (κ3) is 5.30. The summed E-state index contributed by atoms with van der Waals surface area (Å²) in [7, 11) is 3.21. The number of Topliss-reactive ketones (excluding diaryl/α,β-unsaturated/α-hetero) is 1. The van der Waals surface area contributed by atoms with E-state index in [9.17, 15) is 14.3 Å². The molecule has 0 aromatic heterocycles. The molecule has 190 valence electrons. The molecule has 4 atom stereocenters. The molecule has 1 aliphatic heterocycles. The van der Waals surface area contributed by atoms with Crippen LogP contribution in [0.25, 0.3) is 0 Å². The molecule has 4 rings (SSSR count). The van der Waals surface area contributed by atoms with Gasteiger partial charge in [0.05, 0.1) is 20.3 Å². The lowest BCUT2D eigenvalue weighted by atomic mass is 9.67. The maximum atomic E-state index is 14.8. The van der Waals surface area contributed by atoms with E-state index in [0.717, 1.165) is 16.9 Å². The highest BCUT2D eigenvalue weighted by molar-refractivity contribution is 5.99. The van der Waals surface area contributed by atoms with Crippen LogP contribution in [0.1, 0.15) is 45.8 Å². The van der Waals surface area contributed by atoms with Gasteiger partial charge in [0.2, 0.25) is 0 Å². The minimum absolute atomic E-state index is 0.0299. The summed E-state index contributed by atoms with van der Waals surface area (Å²) in [6.07, 6.45) is -0.552. The fourth-order valence-corrected chi connectivity index (χ4v) is 5.58. The zero-order valence-corrected chi connectivity index (χ0v) is 21.3. The number of likely N-dealkylation sites (tertiary alicyclic amines) is 1. The molecule has 0 aliphatic carbocycles. The number of hydrogen-bond acceptors (Lipinski definition) is 5. The molecular formula is C30H34FNO4. The van der Waals surface area contributed by atoms with Crippen molar-refractivity contribution in [2.45, 2.75) is 31.8 Å². The number of ether oxygens (including phenoxy) is 2. The first kappa shape index (κ1) is 25.9. The monoisotopic (exact) mass is 491 g/mol. The lowest BCUT2D eigenvalue weighted by Gasteiger charge is -2.45. The highest BCUT2D eigenvalue weighted by Gasteiger charge is 2.44. The average molecular weight is 492 g/mol. The third-order valence-corrected chi connectivity index (χ3v) is 7.20. The van der Waals surface area contributed by atoms with E-state index in [4.69, 9.17) is 9.47 Å². The number of aliphatic hydroxyl groups excluding tert-OH is 1. The molecule has 3 aromatic rings. The van der Waals surface area contributed by atoms with Crippen molar-refractivity contribution in [2.75, 3.05) is 33.9 Å². The minimum atomic E-state index is -0.552. The van der Waals surface area contributed by atoms with Crippen molar-refractivity contribution in [1.29, 1.82) is 0 Å². The third-order valence-electron chi connectivity index (χ3n) is 7.20. The number of benzene rings is 3. The number of para-hydroxylation sites is 1. The smallest absolute Gasteiger partial charge is 0.167 e. The zero-order chi connectivity index (χ0) is 25.8. The first-order valence-corrected chi connectivity index (χ1v) is 12.3. The van der Waals surface area contributed by atoms with Crippen LogP contribution in [-0.4, -0.2) is 55.7 Å². The van der Waals surface area contributed by atoms with Gasteiger partial charge in [0.15, 0.2) is 5.78 Å². The summed E-state index contributed by atoms with van der Waals surface area (Å²) in [6.45, 7) is 5.02. The van der Waals surface area contributed by atoms with E-state index in [0.29, 0.717) is 36.5 Å². The Morgan fingerprint density at radius 2 is 1.75 bits per heavy atom. The lowest BCUT2D eigenvalue weighted by molar-refractivity contribution is 0.0590. The molecule has 1 aliphatic rings. The number of aliphatic hydroxyl groups is 1. The van der Waals surface area contributed by atoms with E-state index in [1.807, 2.05) is 42.5 Å². The Morgan fingerprint density at radius 3 is 2.47 bits per heavy atom. The van der Waals surface area contributed by atoms with Crippen molar-refractivity contribution in [3.8, 4) is 11.5 Å². The summed E-state index contributed by atoms with van der Waals surface area (Å²) in [5, 5.41) is 10.2. The van der Waals surface area contributed by atoms with E-state index in [-0.39, 0.29) is 23.4 Å².